The molecule has 0 aromatic heterocycles. The molecule has 0 unspecified atom stereocenters. The average Bonchev–Trinajstić information content (AvgIpc) is 2.40. The Labute approximate surface area is 119 Å². The minimum Gasteiger partial charge on any atom is -0.466 e. The summed E-state index contributed by atoms with van der Waals surface area (Å²) in [4.78, 5) is 23.0. The summed E-state index contributed by atoms with van der Waals surface area (Å²) in [6.45, 7) is 3.44. The molecule has 0 bridgehead atoms. The number of esters is 1. The molecule has 2 atom stereocenters. The van der Waals surface area contributed by atoms with Crippen molar-refractivity contribution in [2.45, 2.75) is 32.2 Å². The van der Waals surface area contributed by atoms with Crippen molar-refractivity contribution in [3.8, 4) is 12.3 Å². The molecule has 0 saturated carbocycles. The maximum Gasteiger partial charge on any atom is 0.307 e. The van der Waals surface area contributed by atoms with Crippen LogP contribution in [0.3, 0.4) is 0 Å². The highest BCUT2D eigenvalue weighted by Crippen LogP contribution is 2.21. The smallest absolute Gasteiger partial charge is 0.307 e. The van der Waals surface area contributed by atoms with Crippen molar-refractivity contribution in [1.82, 2.24) is 5.32 Å². The van der Waals surface area contributed by atoms with E-state index >= 15 is 0 Å². The molecule has 1 N–H and O–H groups in total. The number of ether oxygens (including phenoxy) is 1. The number of carbonyl (C=O) groups is 2. The van der Waals surface area contributed by atoms with E-state index in [-0.39, 0.29) is 24.2 Å². The van der Waals surface area contributed by atoms with Gasteiger partial charge < -0.3 is 10.1 Å². The van der Waals surface area contributed by atoms with Crippen LogP contribution in [0.2, 0.25) is 0 Å². The highest BCUT2D eigenvalue weighted by Gasteiger charge is 2.25. The Balaban J connectivity index is 2.93. The molecule has 1 aromatic carbocycles. The molecule has 0 aliphatic rings. The highest BCUT2D eigenvalue weighted by molar-refractivity contribution is 5.76. The lowest BCUT2D eigenvalue weighted by atomic mass is 9.90. The van der Waals surface area contributed by atoms with Crippen LogP contribution in [-0.4, -0.2) is 24.5 Å². The zero-order valence-corrected chi connectivity index (χ0v) is 11.8. The number of rotatable bonds is 6. The van der Waals surface area contributed by atoms with E-state index in [4.69, 9.17) is 11.2 Å². The Morgan fingerprint density at radius 1 is 1.35 bits per heavy atom. The Hall–Kier alpha value is -2.28. The van der Waals surface area contributed by atoms with Crippen LogP contribution in [0.25, 0.3) is 0 Å². The van der Waals surface area contributed by atoms with E-state index < -0.39 is 6.04 Å². The van der Waals surface area contributed by atoms with Gasteiger partial charge in [0.15, 0.2) is 0 Å². The Morgan fingerprint density at radius 2 is 2.00 bits per heavy atom. The van der Waals surface area contributed by atoms with Gasteiger partial charge in [-0.1, -0.05) is 36.3 Å². The fourth-order valence-electron chi connectivity index (χ4n) is 2.02. The topological polar surface area (TPSA) is 55.4 Å². The Morgan fingerprint density at radius 3 is 2.50 bits per heavy atom. The van der Waals surface area contributed by atoms with Crippen LogP contribution in [0.15, 0.2) is 30.3 Å². The maximum absolute atomic E-state index is 11.6. The molecular formula is C16H19NO3. The quantitative estimate of drug-likeness (QED) is 0.636. The molecule has 0 radical (unpaired) electrons. The molecule has 4 heteroatoms. The summed E-state index contributed by atoms with van der Waals surface area (Å²) in [5.41, 5.74) is 0.887. The third-order valence-corrected chi connectivity index (χ3v) is 2.82. The minimum absolute atomic E-state index is 0.0528. The first kappa shape index (κ1) is 15.8. The van der Waals surface area contributed by atoms with E-state index in [1.807, 2.05) is 30.3 Å². The molecule has 0 saturated heterocycles. The zero-order chi connectivity index (χ0) is 15.0. The summed E-state index contributed by atoms with van der Waals surface area (Å²) >= 11 is 0. The second-order valence-corrected chi connectivity index (χ2v) is 4.37. The van der Waals surface area contributed by atoms with E-state index in [1.54, 1.807) is 6.92 Å². The van der Waals surface area contributed by atoms with Crippen LogP contribution < -0.4 is 5.32 Å². The third-order valence-electron chi connectivity index (χ3n) is 2.82. The standard InChI is InChI=1S/C16H19NO3/c1-4-14(13-9-7-6-8-10-13)15(17-12(3)18)11-16(19)20-5-2/h1,6-10,14-15H,5,11H2,2-3H3,(H,17,18)/t14-,15+/m0/s1. The second kappa shape index (κ2) is 8.00. The molecular weight excluding hydrogens is 254 g/mol. The molecule has 0 aliphatic carbocycles. The number of terminal acetylenes is 1. The summed E-state index contributed by atoms with van der Waals surface area (Å²) in [6.07, 6.45) is 5.63. The van der Waals surface area contributed by atoms with Gasteiger partial charge in [0.2, 0.25) is 5.91 Å². The van der Waals surface area contributed by atoms with Gasteiger partial charge in [-0.15, -0.1) is 6.42 Å². The van der Waals surface area contributed by atoms with Crippen molar-refractivity contribution in [1.29, 1.82) is 0 Å². The predicted octanol–water partition coefficient (Wildman–Crippen LogP) is 1.86. The largest absolute Gasteiger partial charge is 0.466 e. The van der Waals surface area contributed by atoms with Gasteiger partial charge in [0.25, 0.3) is 0 Å². The SMILES string of the molecule is C#C[C@@H](c1ccccc1)[C@@H](CC(=O)OCC)NC(C)=O. The molecule has 0 aliphatic heterocycles. The number of amides is 1. The fraction of sp³-hybridized carbons (Fsp3) is 0.375. The molecule has 1 amide bonds. The van der Waals surface area contributed by atoms with Gasteiger partial charge >= 0.3 is 5.97 Å². The molecule has 0 fully saturated rings. The van der Waals surface area contributed by atoms with Gasteiger partial charge in [0.1, 0.15) is 0 Å². The van der Waals surface area contributed by atoms with Gasteiger partial charge in [-0.3, -0.25) is 9.59 Å². The average molecular weight is 273 g/mol. The van der Waals surface area contributed by atoms with Gasteiger partial charge in [-0.2, -0.15) is 0 Å². The van der Waals surface area contributed by atoms with Crippen LogP contribution >= 0.6 is 0 Å². The first-order chi connectivity index (χ1) is 9.58. The number of benzene rings is 1. The van der Waals surface area contributed by atoms with E-state index in [9.17, 15) is 9.59 Å². The Bertz CT molecular complexity index is 490. The molecule has 20 heavy (non-hydrogen) atoms. The van der Waals surface area contributed by atoms with Gasteiger partial charge in [0, 0.05) is 6.92 Å². The van der Waals surface area contributed by atoms with Crippen LogP contribution in [0.5, 0.6) is 0 Å². The number of nitrogens with one attached hydrogen (secondary N) is 1. The lowest BCUT2D eigenvalue weighted by molar-refractivity contribution is -0.143. The lowest BCUT2D eigenvalue weighted by Gasteiger charge is -2.23. The van der Waals surface area contributed by atoms with Crippen LogP contribution in [0.4, 0.5) is 0 Å². The van der Waals surface area contributed by atoms with Crippen LogP contribution in [0, 0.1) is 12.3 Å². The van der Waals surface area contributed by atoms with Gasteiger partial charge in [-0.25, -0.2) is 0 Å². The monoisotopic (exact) mass is 273 g/mol. The summed E-state index contributed by atoms with van der Waals surface area (Å²) in [6, 6.07) is 8.91. The van der Waals surface area contributed by atoms with E-state index in [0.717, 1.165) is 5.56 Å². The van der Waals surface area contributed by atoms with Crippen LogP contribution in [-0.2, 0) is 14.3 Å². The summed E-state index contributed by atoms with van der Waals surface area (Å²) in [5.74, 6) is 1.68. The van der Waals surface area contributed by atoms with Crippen molar-refractivity contribution >= 4 is 11.9 Å². The minimum atomic E-state index is -0.473. The van der Waals surface area contributed by atoms with E-state index in [2.05, 4.69) is 11.2 Å². The number of hydrogen-bond acceptors (Lipinski definition) is 3. The number of carbonyl (C=O) groups excluding carboxylic acids is 2. The first-order valence-corrected chi connectivity index (χ1v) is 6.52. The lowest BCUT2D eigenvalue weighted by Crippen LogP contribution is -2.39. The van der Waals surface area contributed by atoms with Crippen molar-refractivity contribution in [3.05, 3.63) is 35.9 Å². The predicted molar refractivity (Wildman–Crippen MR) is 76.9 cm³/mol. The van der Waals surface area contributed by atoms with E-state index in [1.165, 1.54) is 6.92 Å². The van der Waals surface area contributed by atoms with Gasteiger partial charge in [0.05, 0.1) is 25.0 Å². The second-order valence-electron chi connectivity index (χ2n) is 4.37. The summed E-state index contributed by atoms with van der Waals surface area (Å²) in [7, 11) is 0. The summed E-state index contributed by atoms with van der Waals surface area (Å²) in [5, 5.41) is 2.74. The maximum atomic E-state index is 11.6. The zero-order valence-electron chi connectivity index (χ0n) is 11.8. The normalized spacial score (nSPS) is 12.8. The van der Waals surface area contributed by atoms with Crippen molar-refractivity contribution < 1.29 is 14.3 Å². The van der Waals surface area contributed by atoms with E-state index in [0.29, 0.717) is 6.61 Å². The van der Waals surface area contributed by atoms with Crippen LogP contribution in [0.1, 0.15) is 31.7 Å². The molecule has 1 aromatic rings. The molecule has 0 spiro atoms. The molecule has 1 rings (SSSR count). The third kappa shape index (κ3) is 4.77. The van der Waals surface area contributed by atoms with Crippen molar-refractivity contribution in [2.24, 2.45) is 0 Å². The van der Waals surface area contributed by atoms with Crippen molar-refractivity contribution in [2.75, 3.05) is 6.61 Å². The molecule has 106 valence electrons. The molecule has 0 heterocycles. The fourth-order valence-corrected chi connectivity index (χ4v) is 2.02. The Kier molecular flexibility index (Phi) is 6.31. The van der Waals surface area contributed by atoms with Gasteiger partial charge in [-0.05, 0) is 12.5 Å². The van der Waals surface area contributed by atoms with Crippen molar-refractivity contribution in [3.63, 3.8) is 0 Å². The summed E-state index contributed by atoms with van der Waals surface area (Å²) < 4.78 is 4.93. The number of hydrogen-bond donors (Lipinski definition) is 1. The molecule has 4 nitrogen and oxygen atoms in total. The first-order valence-electron chi connectivity index (χ1n) is 6.52. The highest BCUT2D eigenvalue weighted by atomic mass is 16.5.